The minimum absolute atomic E-state index is 0.0441. The predicted molar refractivity (Wildman–Crippen MR) is 99.6 cm³/mol. The first-order valence-electron chi connectivity index (χ1n) is 9.07. The fourth-order valence-electron chi connectivity index (χ4n) is 3.60. The summed E-state index contributed by atoms with van der Waals surface area (Å²) < 4.78 is 16.2. The monoisotopic (exact) mass is 365 g/mol. The number of benzene rings is 1. The maximum atomic E-state index is 12.5. The van der Waals surface area contributed by atoms with Gasteiger partial charge < -0.3 is 24.6 Å². The third-order valence-electron chi connectivity index (χ3n) is 5.64. The SMILES string of the molecule is CCO[C@H]1C[C@@](CO)(NC(=O)CCc2cc(OC)cc(OC)c2)C1(C)C. The first kappa shape index (κ1) is 20.5. The number of ether oxygens (including phenoxy) is 3. The third-order valence-corrected chi connectivity index (χ3v) is 5.64. The molecule has 26 heavy (non-hydrogen) atoms. The van der Waals surface area contributed by atoms with Gasteiger partial charge in [0.1, 0.15) is 11.5 Å². The fourth-order valence-corrected chi connectivity index (χ4v) is 3.60. The molecule has 1 fully saturated rings. The van der Waals surface area contributed by atoms with Gasteiger partial charge in [0, 0.05) is 30.9 Å². The van der Waals surface area contributed by atoms with Crippen molar-refractivity contribution in [1.82, 2.24) is 5.32 Å². The van der Waals surface area contributed by atoms with Crippen LogP contribution in [0.2, 0.25) is 0 Å². The van der Waals surface area contributed by atoms with Crippen LogP contribution in [0.15, 0.2) is 18.2 Å². The summed E-state index contributed by atoms with van der Waals surface area (Å²) in [7, 11) is 3.20. The summed E-state index contributed by atoms with van der Waals surface area (Å²) in [5, 5.41) is 13.0. The summed E-state index contributed by atoms with van der Waals surface area (Å²) in [6.07, 6.45) is 1.56. The quantitative estimate of drug-likeness (QED) is 0.702. The Kier molecular flexibility index (Phi) is 6.53. The van der Waals surface area contributed by atoms with Gasteiger partial charge in [-0.15, -0.1) is 0 Å². The molecule has 0 radical (unpaired) electrons. The molecule has 0 unspecified atom stereocenters. The molecule has 0 saturated heterocycles. The van der Waals surface area contributed by atoms with Gasteiger partial charge in [0.05, 0.1) is 32.5 Å². The van der Waals surface area contributed by atoms with Crippen molar-refractivity contribution in [1.29, 1.82) is 0 Å². The third kappa shape index (κ3) is 3.96. The largest absolute Gasteiger partial charge is 0.497 e. The fraction of sp³-hybridized carbons (Fsp3) is 0.650. The van der Waals surface area contributed by atoms with Gasteiger partial charge >= 0.3 is 0 Å². The lowest BCUT2D eigenvalue weighted by Gasteiger charge is -2.60. The van der Waals surface area contributed by atoms with Crippen LogP contribution in [-0.4, -0.2) is 50.1 Å². The maximum Gasteiger partial charge on any atom is 0.220 e. The van der Waals surface area contributed by atoms with Gasteiger partial charge in [0.15, 0.2) is 0 Å². The summed E-state index contributed by atoms with van der Waals surface area (Å²) >= 11 is 0. The summed E-state index contributed by atoms with van der Waals surface area (Å²) in [5.41, 5.74) is 0.0252. The molecular formula is C20H31NO5. The number of aliphatic hydroxyl groups is 1. The van der Waals surface area contributed by atoms with E-state index >= 15 is 0 Å². The van der Waals surface area contributed by atoms with E-state index < -0.39 is 5.54 Å². The number of hydrogen-bond donors (Lipinski definition) is 2. The first-order valence-corrected chi connectivity index (χ1v) is 9.07. The average molecular weight is 365 g/mol. The lowest BCUT2D eigenvalue weighted by atomic mass is 9.54. The molecule has 0 aliphatic heterocycles. The number of methoxy groups -OCH3 is 2. The molecule has 6 nitrogen and oxygen atoms in total. The molecule has 1 aromatic carbocycles. The Morgan fingerprint density at radius 2 is 1.85 bits per heavy atom. The van der Waals surface area contributed by atoms with Crippen LogP contribution < -0.4 is 14.8 Å². The molecule has 1 aliphatic carbocycles. The number of nitrogens with one attached hydrogen (secondary N) is 1. The van der Waals surface area contributed by atoms with Crippen molar-refractivity contribution in [2.75, 3.05) is 27.4 Å². The van der Waals surface area contributed by atoms with Crippen molar-refractivity contribution in [2.24, 2.45) is 5.41 Å². The average Bonchev–Trinajstić information content (AvgIpc) is 2.64. The van der Waals surface area contributed by atoms with Gasteiger partial charge in [-0.3, -0.25) is 4.79 Å². The van der Waals surface area contributed by atoms with Crippen molar-refractivity contribution in [2.45, 2.75) is 51.7 Å². The topological polar surface area (TPSA) is 77.0 Å². The summed E-state index contributed by atoms with van der Waals surface area (Å²) in [4.78, 5) is 12.5. The molecule has 146 valence electrons. The van der Waals surface area contributed by atoms with Gasteiger partial charge in [-0.2, -0.15) is 0 Å². The van der Waals surface area contributed by atoms with Crippen LogP contribution >= 0.6 is 0 Å². The molecule has 0 aromatic heterocycles. The normalized spacial score (nSPS) is 23.8. The number of carbonyl (C=O) groups excluding carboxylic acids is 1. The van der Waals surface area contributed by atoms with Crippen LogP contribution in [0.25, 0.3) is 0 Å². The molecule has 1 saturated carbocycles. The molecule has 1 amide bonds. The lowest BCUT2D eigenvalue weighted by Crippen LogP contribution is -2.74. The second kappa shape index (κ2) is 8.27. The molecule has 0 spiro atoms. The summed E-state index contributed by atoms with van der Waals surface area (Å²) in [6, 6.07) is 5.60. The van der Waals surface area contributed by atoms with E-state index in [2.05, 4.69) is 5.32 Å². The number of rotatable bonds is 9. The van der Waals surface area contributed by atoms with Crippen molar-refractivity contribution >= 4 is 5.91 Å². The zero-order valence-electron chi connectivity index (χ0n) is 16.4. The molecule has 2 atom stereocenters. The lowest BCUT2D eigenvalue weighted by molar-refractivity contribution is -0.181. The van der Waals surface area contributed by atoms with Gasteiger partial charge in [0.2, 0.25) is 5.91 Å². The minimum Gasteiger partial charge on any atom is -0.497 e. The van der Waals surface area contributed by atoms with Gasteiger partial charge in [0.25, 0.3) is 0 Å². The van der Waals surface area contributed by atoms with E-state index in [1.54, 1.807) is 20.3 Å². The summed E-state index contributed by atoms with van der Waals surface area (Å²) in [5.74, 6) is 1.32. The molecule has 1 aliphatic rings. The van der Waals surface area contributed by atoms with Crippen molar-refractivity contribution < 1.29 is 24.1 Å². The maximum absolute atomic E-state index is 12.5. The Labute approximate surface area is 155 Å². The minimum atomic E-state index is -0.629. The van der Waals surface area contributed by atoms with E-state index in [4.69, 9.17) is 14.2 Å². The molecule has 0 bridgehead atoms. The Morgan fingerprint density at radius 3 is 2.31 bits per heavy atom. The Morgan fingerprint density at radius 1 is 1.23 bits per heavy atom. The van der Waals surface area contributed by atoms with E-state index in [1.807, 2.05) is 32.9 Å². The highest BCUT2D eigenvalue weighted by atomic mass is 16.5. The van der Waals surface area contributed by atoms with Crippen LogP contribution in [0.3, 0.4) is 0 Å². The van der Waals surface area contributed by atoms with Crippen LogP contribution in [0.1, 0.15) is 39.2 Å². The van der Waals surface area contributed by atoms with Crippen molar-refractivity contribution in [3.05, 3.63) is 23.8 Å². The van der Waals surface area contributed by atoms with E-state index in [1.165, 1.54) is 0 Å². The zero-order valence-corrected chi connectivity index (χ0v) is 16.4. The second-order valence-electron chi connectivity index (χ2n) is 7.38. The molecule has 6 heteroatoms. The van der Waals surface area contributed by atoms with Crippen LogP contribution in [0.4, 0.5) is 0 Å². The van der Waals surface area contributed by atoms with Crippen LogP contribution in [-0.2, 0) is 16.0 Å². The first-order chi connectivity index (χ1) is 12.3. The number of amides is 1. The van der Waals surface area contributed by atoms with E-state index in [0.717, 1.165) is 5.56 Å². The Hall–Kier alpha value is -1.79. The standard InChI is InChI=1S/C20H31NO5/c1-6-26-17-12-20(13-22,19(17,2)3)21-18(23)8-7-14-9-15(24-4)11-16(10-14)25-5/h9-11,17,22H,6-8,12-13H2,1-5H3,(H,21,23)/t17-,20-/m0/s1. The molecule has 0 heterocycles. The van der Waals surface area contributed by atoms with Crippen LogP contribution in [0.5, 0.6) is 11.5 Å². The smallest absolute Gasteiger partial charge is 0.220 e. The Bertz CT molecular complexity index is 608. The van der Waals surface area contributed by atoms with E-state index in [0.29, 0.717) is 37.4 Å². The highest BCUT2D eigenvalue weighted by Crippen LogP contribution is 2.51. The number of carbonyl (C=O) groups is 1. The highest BCUT2D eigenvalue weighted by molar-refractivity contribution is 5.77. The Balaban J connectivity index is 1.98. The van der Waals surface area contributed by atoms with Gasteiger partial charge in [-0.05, 0) is 31.0 Å². The molecular weight excluding hydrogens is 334 g/mol. The van der Waals surface area contributed by atoms with Crippen molar-refractivity contribution in [3.8, 4) is 11.5 Å². The van der Waals surface area contributed by atoms with Crippen molar-refractivity contribution in [3.63, 3.8) is 0 Å². The highest BCUT2D eigenvalue weighted by Gasteiger charge is 2.61. The predicted octanol–water partition coefficient (Wildman–Crippen LogP) is 2.32. The number of hydrogen-bond acceptors (Lipinski definition) is 5. The molecule has 2 rings (SSSR count). The van der Waals surface area contributed by atoms with E-state index in [-0.39, 0.29) is 24.0 Å². The van der Waals surface area contributed by atoms with Crippen LogP contribution in [0, 0.1) is 5.41 Å². The van der Waals surface area contributed by atoms with Gasteiger partial charge in [-0.1, -0.05) is 13.8 Å². The number of aryl methyl sites for hydroxylation is 1. The second-order valence-corrected chi connectivity index (χ2v) is 7.38. The number of aliphatic hydroxyl groups excluding tert-OH is 1. The van der Waals surface area contributed by atoms with Gasteiger partial charge in [-0.25, -0.2) is 0 Å². The molecule has 2 N–H and O–H groups in total. The summed E-state index contributed by atoms with van der Waals surface area (Å²) in [6.45, 7) is 6.54. The zero-order chi connectivity index (χ0) is 19.4. The van der Waals surface area contributed by atoms with E-state index in [9.17, 15) is 9.90 Å². The molecule has 1 aromatic rings.